The summed E-state index contributed by atoms with van der Waals surface area (Å²) in [5.41, 5.74) is -0.888. The Labute approximate surface area is 110 Å². The topological polar surface area (TPSA) is 92.5 Å². The molecule has 1 heterocycles. The van der Waals surface area contributed by atoms with Crippen LogP contribution in [0.5, 0.6) is 0 Å². The first-order chi connectivity index (χ1) is 8.99. The average Bonchev–Trinajstić information content (AvgIpc) is 2.83. The number of aromatic carboxylic acids is 1. The molecule has 0 aliphatic heterocycles. The number of carboxylic acids is 1. The molecule has 0 spiro atoms. The molecule has 19 heavy (non-hydrogen) atoms. The lowest BCUT2D eigenvalue weighted by molar-refractivity contribution is -0.385. The molecule has 0 amide bonds. The molecule has 6 nitrogen and oxygen atoms in total. The van der Waals surface area contributed by atoms with Crippen LogP contribution >= 0.6 is 11.3 Å². The minimum atomic E-state index is -1.49. The minimum Gasteiger partial charge on any atom is -0.477 e. The lowest BCUT2D eigenvalue weighted by Gasteiger charge is -2.07. The maximum absolute atomic E-state index is 13.7. The average molecular weight is 282 g/mol. The third-order valence-corrected chi connectivity index (χ3v) is 3.00. The number of carbonyl (C=O) groups is 1. The summed E-state index contributed by atoms with van der Waals surface area (Å²) in [4.78, 5) is 20.7. The van der Waals surface area contributed by atoms with Crippen LogP contribution in [0, 0.1) is 15.9 Å². The van der Waals surface area contributed by atoms with Crippen molar-refractivity contribution in [2.24, 2.45) is 0 Å². The van der Waals surface area contributed by atoms with Gasteiger partial charge in [-0.1, -0.05) is 0 Å². The number of thiophene rings is 1. The summed E-state index contributed by atoms with van der Waals surface area (Å²) in [6.07, 6.45) is 0. The fraction of sp³-hybridized carbons (Fsp3) is 0. The van der Waals surface area contributed by atoms with Crippen molar-refractivity contribution in [3.05, 3.63) is 50.5 Å². The van der Waals surface area contributed by atoms with Crippen LogP contribution in [0.3, 0.4) is 0 Å². The first-order valence-electron chi connectivity index (χ1n) is 4.99. The Hall–Kier alpha value is -2.48. The fourth-order valence-electron chi connectivity index (χ4n) is 1.47. The van der Waals surface area contributed by atoms with Gasteiger partial charge in [0.15, 0.2) is 5.82 Å². The molecule has 2 aromatic rings. The molecule has 2 N–H and O–H groups in total. The number of nitro groups is 1. The highest BCUT2D eigenvalue weighted by molar-refractivity contribution is 7.08. The highest BCUT2D eigenvalue weighted by Gasteiger charge is 2.23. The first kappa shape index (κ1) is 13.0. The Bertz CT molecular complexity index is 642. The van der Waals surface area contributed by atoms with E-state index >= 15 is 0 Å². The molecule has 0 fully saturated rings. The predicted molar refractivity (Wildman–Crippen MR) is 67.6 cm³/mol. The summed E-state index contributed by atoms with van der Waals surface area (Å²) in [5, 5.41) is 25.7. The smallest absolute Gasteiger partial charge is 0.342 e. The molecule has 0 bridgehead atoms. The van der Waals surface area contributed by atoms with Gasteiger partial charge in [0, 0.05) is 11.1 Å². The molecule has 2 rings (SSSR count). The van der Waals surface area contributed by atoms with E-state index in [1.807, 2.05) is 0 Å². The van der Waals surface area contributed by atoms with Crippen LogP contribution in [-0.2, 0) is 0 Å². The van der Waals surface area contributed by atoms with E-state index in [0.717, 1.165) is 6.07 Å². The lowest BCUT2D eigenvalue weighted by Crippen LogP contribution is -2.05. The van der Waals surface area contributed by atoms with Gasteiger partial charge in [0.25, 0.3) is 5.69 Å². The number of benzene rings is 1. The Morgan fingerprint density at radius 3 is 2.74 bits per heavy atom. The monoisotopic (exact) mass is 282 g/mol. The molecule has 0 radical (unpaired) electrons. The van der Waals surface area contributed by atoms with Crippen molar-refractivity contribution in [2.45, 2.75) is 0 Å². The Morgan fingerprint density at radius 2 is 2.21 bits per heavy atom. The van der Waals surface area contributed by atoms with E-state index in [1.54, 1.807) is 16.8 Å². The van der Waals surface area contributed by atoms with Crippen LogP contribution in [0.1, 0.15) is 10.4 Å². The fourth-order valence-corrected chi connectivity index (χ4v) is 2.06. The van der Waals surface area contributed by atoms with E-state index < -0.39 is 28.0 Å². The van der Waals surface area contributed by atoms with Crippen LogP contribution in [0.15, 0.2) is 29.0 Å². The van der Waals surface area contributed by atoms with Gasteiger partial charge in [0.2, 0.25) is 0 Å². The molecular formula is C11H7FN2O4S. The van der Waals surface area contributed by atoms with Gasteiger partial charge < -0.3 is 10.4 Å². The highest BCUT2D eigenvalue weighted by Crippen LogP contribution is 2.28. The van der Waals surface area contributed by atoms with Gasteiger partial charge >= 0.3 is 5.97 Å². The number of carboxylic acid groups (broad SMARTS) is 1. The summed E-state index contributed by atoms with van der Waals surface area (Å²) >= 11 is 1.37. The van der Waals surface area contributed by atoms with Crippen molar-refractivity contribution in [3.63, 3.8) is 0 Å². The van der Waals surface area contributed by atoms with Gasteiger partial charge in [-0.3, -0.25) is 10.1 Å². The first-order valence-corrected chi connectivity index (χ1v) is 5.94. The predicted octanol–water partition coefficient (Wildman–Crippen LogP) is 3.24. The molecule has 0 atom stereocenters. The second-order valence-corrected chi connectivity index (χ2v) is 4.33. The summed E-state index contributed by atoms with van der Waals surface area (Å²) in [6, 6.07) is 3.18. The van der Waals surface area contributed by atoms with Gasteiger partial charge in [-0.05, 0) is 17.5 Å². The highest BCUT2D eigenvalue weighted by atomic mass is 32.1. The second kappa shape index (κ2) is 5.02. The van der Waals surface area contributed by atoms with E-state index in [9.17, 15) is 19.3 Å². The molecule has 0 saturated heterocycles. The molecule has 8 heteroatoms. The quantitative estimate of drug-likeness (QED) is 0.663. The van der Waals surface area contributed by atoms with Crippen molar-refractivity contribution in [3.8, 4) is 0 Å². The normalized spacial score (nSPS) is 10.2. The van der Waals surface area contributed by atoms with Crippen LogP contribution in [0.4, 0.5) is 21.5 Å². The molecule has 98 valence electrons. The zero-order valence-electron chi connectivity index (χ0n) is 9.29. The van der Waals surface area contributed by atoms with Gasteiger partial charge in [-0.2, -0.15) is 11.3 Å². The molecule has 0 unspecified atom stereocenters. The number of anilines is 2. The van der Waals surface area contributed by atoms with Gasteiger partial charge in [-0.25, -0.2) is 9.18 Å². The van der Waals surface area contributed by atoms with Gasteiger partial charge in [0.05, 0.1) is 16.7 Å². The van der Waals surface area contributed by atoms with Gasteiger partial charge in [-0.15, -0.1) is 0 Å². The zero-order chi connectivity index (χ0) is 14.0. The zero-order valence-corrected chi connectivity index (χ0v) is 10.1. The second-order valence-electron chi connectivity index (χ2n) is 3.55. The molecule has 0 saturated carbocycles. The van der Waals surface area contributed by atoms with Crippen molar-refractivity contribution >= 4 is 34.4 Å². The maximum atomic E-state index is 13.7. The third kappa shape index (κ3) is 2.68. The minimum absolute atomic E-state index is 0.124. The Kier molecular flexibility index (Phi) is 3.43. The van der Waals surface area contributed by atoms with Crippen molar-refractivity contribution in [2.75, 3.05) is 5.32 Å². The van der Waals surface area contributed by atoms with E-state index in [-0.39, 0.29) is 5.69 Å². The molecule has 0 aliphatic rings. The van der Waals surface area contributed by atoms with Gasteiger partial charge in [0.1, 0.15) is 5.56 Å². The number of hydrogen-bond acceptors (Lipinski definition) is 5. The largest absolute Gasteiger partial charge is 0.477 e. The van der Waals surface area contributed by atoms with E-state index in [0.29, 0.717) is 11.8 Å². The molecular weight excluding hydrogens is 275 g/mol. The third-order valence-electron chi connectivity index (χ3n) is 2.31. The maximum Gasteiger partial charge on any atom is 0.342 e. The molecule has 0 aliphatic carbocycles. The standard InChI is InChI=1S/C11H7FN2O4S/c12-8-4-10(14(17)18)7(11(15)16)3-9(8)13-6-1-2-19-5-6/h1-5,13H,(H,15,16). The Morgan fingerprint density at radius 1 is 1.47 bits per heavy atom. The Balaban J connectivity index is 2.48. The van der Waals surface area contributed by atoms with E-state index in [1.165, 1.54) is 11.3 Å². The number of nitrogens with one attached hydrogen (secondary N) is 1. The molecule has 1 aromatic heterocycles. The van der Waals surface area contributed by atoms with E-state index in [4.69, 9.17) is 5.11 Å². The number of nitrogens with zero attached hydrogens (tertiary/aromatic N) is 1. The van der Waals surface area contributed by atoms with Crippen molar-refractivity contribution in [1.82, 2.24) is 0 Å². The summed E-state index contributed by atoms with van der Waals surface area (Å²) in [6.45, 7) is 0. The van der Waals surface area contributed by atoms with Crippen LogP contribution in [0.2, 0.25) is 0 Å². The number of nitro benzene ring substituents is 1. The number of hydrogen-bond donors (Lipinski definition) is 2. The van der Waals surface area contributed by atoms with Crippen LogP contribution < -0.4 is 5.32 Å². The van der Waals surface area contributed by atoms with Crippen LogP contribution in [0.25, 0.3) is 0 Å². The number of halogens is 1. The summed E-state index contributed by atoms with van der Waals surface area (Å²) < 4.78 is 13.7. The van der Waals surface area contributed by atoms with Crippen molar-refractivity contribution in [1.29, 1.82) is 0 Å². The lowest BCUT2D eigenvalue weighted by atomic mass is 10.1. The van der Waals surface area contributed by atoms with Crippen LogP contribution in [-0.4, -0.2) is 16.0 Å². The summed E-state index contributed by atoms with van der Waals surface area (Å²) in [7, 11) is 0. The van der Waals surface area contributed by atoms with E-state index in [2.05, 4.69) is 5.32 Å². The molecule has 1 aromatic carbocycles. The van der Waals surface area contributed by atoms with Crippen molar-refractivity contribution < 1.29 is 19.2 Å². The number of rotatable bonds is 4. The summed E-state index contributed by atoms with van der Waals surface area (Å²) in [5.74, 6) is -2.37. The SMILES string of the molecule is O=C(O)c1cc(Nc2ccsc2)c(F)cc1[N+](=O)[O-].